The summed E-state index contributed by atoms with van der Waals surface area (Å²) in [4.78, 5) is 7.06. The van der Waals surface area contributed by atoms with Crippen LogP contribution in [0.4, 0.5) is 17.1 Å². The van der Waals surface area contributed by atoms with Gasteiger partial charge in [-0.3, -0.25) is 0 Å². The Morgan fingerprint density at radius 2 is 1.00 bits per heavy atom. The first-order valence-corrected chi connectivity index (χ1v) is 14.2. The number of fused-ring (bicyclic) bond motifs is 1. The van der Waals surface area contributed by atoms with Crippen molar-refractivity contribution < 1.29 is 4.42 Å². The minimum Gasteiger partial charge on any atom is -0.436 e. The first-order valence-electron chi connectivity index (χ1n) is 14.2. The Morgan fingerprint density at radius 1 is 0.476 bits per heavy atom. The van der Waals surface area contributed by atoms with Gasteiger partial charge in [0.1, 0.15) is 5.52 Å². The molecule has 0 saturated carbocycles. The van der Waals surface area contributed by atoms with Crippen molar-refractivity contribution in [2.45, 2.75) is 13.8 Å². The van der Waals surface area contributed by atoms with E-state index in [1.54, 1.807) is 0 Å². The van der Waals surface area contributed by atoms with Crippen LogP contribution >= 0.6 is 0 Å². The summed E-state index contributed by atoms with van der Waals surface area (Å²) in [5.41, 5.74) is 13.0. The SMILES string of the molecule is Cc1ccc(N(c2ccc(C)cc2)c2ccc(-c3cc(-c4nc5ccccc5o4)ccc3-c3ccccc3)cc2)cc1. The number of para-hydroxylation sites is 2. The van der Waals surface area contributed by atoms with Gasteiger partial charge >= 0.3 is 0 Å². The van der Waals surface area contributed by atoms with Crippen LogP contribution in [0.25, 0.3) is 44.8 Å². The molecule has 7 aromatic rings. The number of anilines is 3. The van der Waals surface area contributed by atoms with Gasteiger partial charge in [-0.05, 0) is 96.8 Å². The van der Waals surface area contributed by atoms with Crippen molar-refractivity contribution in [2.75, 3.05) is 4.90 Å². The Morgan fingerprint density at radius 3 is 1.62 bits per heavy atom. The molecule has 0 fully saturated rings. The van der Waals surface area contributed by atoms with E-state index in [9.17, 15) is 0 Å². The van der Waals surface area contributed by atoms with Crippen molar-refractivity contribution in [1.29, 1.82) is 0 Å². The molecular weight excluding hydrogens is 512 g/mol. The average Bonchev–Trinajstić information content (AvgIpc) is 3.48. The number of aryl methyl sites for hydroxylation is 2. The van der Waals surface area contributed by atoms with Crippen LogP contribution in [0.3, 0.4) is 0 Å². The summed E-state index contributed by atoms with van der Waals surface area (Å²) in [5, 5.41) is 0. The topological polar surface area (TPSA) is 29.3 Å². The van der Waals surface area contributed by atoms with E-state index >= 15 is 0 Å². The van der Waals surface area contributed by atoms with Crippen molar-refractivity contribution >= 4 is 28.2 Å². The lowest BCUT2D eigenvalue weighted by Crippen LogP contribution is -2.09. The lowest BCUT2D eigenvalue weighted by Gasteiger charge is -2.26. The average molecular weight is 543 g/mol. The van der Waals surface area contributed by atoms with Gasteiger partial charge in [-0.2, -0.15) is 0 Å². The van der Waals surface area contributed by atoms with E-state index in [0.717, 1.165) is 50.4 Å². The Bertz CT molecular complexity index is 1890. The van der Waals surface area contributed by atoms with Gasteiger partial charge in [-0.1, -0.05) is 96.1 Å². The number of benzene rings is 6. The molecule has 3 nitrogen and oxygen atoms in total. The van der Waals surface area contributed by atoms with Gasteiger partial charge < -0.3 is 9.32 Å². The molecule has 3 heteroatoms. The highest BCUT2D eigenvalue weighted by Gasteiger charge is 2.16. The standard InChI is InChI=1S/C39H30N2O/c1-27-12-19-32(20-13-27)41(33-21-14-28(2)15-22-33)34-23-16-30(17-24-34)36-26-31(18-25-35(36)29-8-4-3-5-9-29)39-40-37-10-6-7-11-38(37)42-39/h3-26H,1-2H3. The lowest BCUT2D eigenvalue weighted by atomic mass is 9.92. The van der Waals surface area contributed by atoms with Crippen LogP contribution in [0, 0.1) is 13.8 Å². The van der Waals surface area contributed by atoms with Crippen molar-refractivity contribution in [3.05, 3.63) is 157 Å². The second kappa shape index (κ2) is 10.9. The zero-order chi connectivity index (χ0) is 28.5. The molecule has 42 heavy (non-hydrogen) atoms. The third-order valence-electron chi connectivity index (χ3n) is 7.67. The Hall–Kier alpha value is -5.41. The molecule has 0 atom stereocenters. The van der Waals surface area contributed by atoms with Gasteiger partial charge in [0.15, 0.2) is 5.58 Å². The molecule has 1 aromatic heterocycles. The molecule has 0 unspecified atom stereocenters. The minimum absolute atomic E-state index is 0.624. The fraction of sp³-hybridized carbons (Fsp3) is 0.0513. The Balaban J connectivity index is 1.33. The van der Waals surface area contributed by atoms with Crippen LogP contribution in [0.2, 0.25) is 0 Å². The molecule has 0 amide bonds. The summed E-state index contributed by atoms with van der Waals surface area (Å²) in [7, 11) is 0. The summed E-state index contributed by atoms with van der Waals surface area (Å²) in [6.45, 7) is 4.24. The van der Waals surface area contributed by atoms with Crippen molar-refractivity contribution in [3.8, 4) is 33.7 Å². The molecule has 7 rings (SSSR count). The number of oxazole rings is 1. The van der Waals surface area contributed by atoms with E-state index < -0.39 is 0 Å². The summed E-state index contributed by atoms with van der Waals surface area (Å²) in [6.07, 6.45) is 0. The van der Waals surface area contributed by atoms with E-state index in [2.05, 4.69) is 140 Å². The van der Waals surface area contributed by atoms with E-state index in [4.69, 9.17) is 9.40 Å². The van der Waals surface area contributed by atoms with Gasteiger partial charge in [0.2, 0.25) is 5.89 Å². The molecule has 1 heterocycles. The molecule has 0 spiro atoms. The summed E-state index contributed by atoms with van der Waals surface area (Å²) in [6, 6.07) is 51.1. The molecule has 0 aliphatic rings. The summed E-state index contributed by atoms with van der Waals surface area (Å²) in [5.74, 6) is 0.624. The zero-order valence-corrected chi connectivity index (χ0v) is 23.7. The highest BCUT2D eigenvalue weighted by atomic mass is 16.3. The monoisotopic (exact) mass is 542 g/mol. The molecule has 0 radical (unpaired) electrons. The van der Waals surface area contributed by atoms with Crippen molar-refractivity contribution in [1.82, 2.24) is 4.98 Å². The first kappa shape index (κ1) is 25.6. The summed E-state index contributed by atoms with van der Waals surface area (Å²) >= 11 is 0. The maximum absolute atomic E-state index is 6.14. The van der Waals surface area contributed by atoms with E-state index in [-0.39, 0.29) is 0 Å². The van der Waals surface area contributed by atoms with Crippen LogP contribution in [-0.2, 0) is 0 Å². The predicted molar refractivity (Wildman–Crippen MR) is 174 cm³/mol. The van der Waals surface area contributed by atoms with Crippen LogP contribution < -0.4 is 4.90 Å². The van der Waals surface area contributed by atoms with Crippen LogP contribution in [0.5, 0.6) is 0 Å². The maximum Gasteiger partial charge on any atom is 0.227 e. The number of rotatable bonds is 6. The number of hydrogen-bond donors (Lipinski definition) is 0. The van der Waals surface area contributed by atoms with E-state index in [1.807, 2.05) is 24.3 Å². The lowest BCUT2D eigenvalue weighted by molar-refractivity contribution is 0.620. The van der Waals surface area contributed by atoms with Crippen molar-refractivity contribution in [2.24, 2.45) is 0 Å². The highest BCUT2D eigenvalue weighted by Crippen LogP contribution is 2.39. The fourth-order valence-electron chi connectivity index (χ4n) is 5.41. The molecule has 0 aliphatic carbocycles. The van der Waals surface area contributed by atoms with Crippen LogP contribution in [-0.4, -0.2) is 4.98 Å². The smallest absolute Gasteiger partial charge is 0.227 e. The second-order valence-electron chi connectivity index (χ2n) is 10.7. The highest BCUT2D eigenvalue weighted by molar-refractivity contribution is 5.88. The predicted octanol–water partition coefficient (Wildman–Crippen LogP) is 10.9. The normalized spacial score (nSPS) is 11.1. The van der Waals surface area contributed by atoms with Gasteiger partial charge in [0.05, 0.1) is 0 Å². The maximum atomic E-state index is 6.14. The van der Waals surface area contributed by atoms with Crippen molar-refractivity contribution in [3.63, 3.8) is 0 Å². The van der Waals surface area contributed by atoms with Gasteiger partial charge in [-0.15, -0.1) is 0 Å². The number of aromatic nitrogens is 1. The molecular formula is C39H30N2O. The van der Waals surface area contributed by atoms with Crippen LogP contribution in [0.1, 0.15) is 11.1 Å². The van der Waals surface area contributed by atoms with E-state index in [0.29, 0.717) is 5.89 Å². The molecule has 202 valence electrons. The van der Waals surface area contributed by atoms with Gasteiger partial charge in [0.25, 0.3) is 0 Å². The molecule has 0 bridgehead atoms. The van der Waals surface area contributed by atoms with Gasteiger partial charge in [-0.25, -0.2) is 4.98 Å². The largest absolute Gasteiger partial charge is 0.436 e. The fourth-order valence-corrected chi connectivity index (χ4v) is 5.41. The molecule has 0 N–H and O–H groups in total. The second-order valence-corrected chi connectivity index (χ2v) is 10.7. The third-order valence-corrected chi connectivity index (χ3v) is 7.67. The summed E-state index contributed by atoms with van der Waals surface area (Å²) < 4.78 is 6.14. The van der Waals surface area contributed by atoms with E-state index in [1.165, 1.54) is 16.7 Å². The number of nitrogens with zero attached hydrogens (tertiary/aromatic N) is 2. The molecule has 6 aromatic carbocycles. The Labute approximate surface area is 246 Å². The van der Waals surface area contributed by atoms with Gasteiger partial charge in [0, 0.05) is 22.6 Å². The zero-order valence-electron chi connectivity index (χ0n) is 23.7. The number of hydrogen-bond acceptors (Lipinski definition) is 3. The quantitative estimate of drug-likeness (QED) is 0.209. The third kappa shape index (κ3) is 4.97. The van der Waals surface area contributed by atoms with Crippen LogP contribution in [0.15, 0.2) is 150 Å². The molecule has 0 aliphatic heterocycles. The minimum atomic E-state index is 0.624. The first-order chi connectivity index (χ1) is 20.6. The molecule has 0 saturated heterocycles. The Kier molecular flexibility index (Phi) is 6.61.